The third-order valence-corrected chi connectivity index (χ3v) is 5.83. The van der Waals surface area contributed by atoms with Gasteiger partial charge in [-0.1, -0.05) is 6.08 Å². The number of methoxy groups -OCH3 is 1. The monoisotopic (exact) mass is 319 g/mol. The molecule has 0 aliphatic heterocycles. The molecule has 112 valence electrons. The van der Waals surface area contributed by atoms with E-state index >= 15 is 0 Å². The van der Waals surface area contributed by atoms with Crippen LogP contribution >= 0.6 is 11.3 Å². The number of ether oxygens (including phenoxy) is 1. The molecule has 0 amide bonds. The normalized spacial score (nSPS) is 11.6. The molecule has 0 unspecified atom stereocenters. The molecule has 0 aromatic carbocycles. The van der Waals surface area contributed by atoms with Crippen molar-refractivity contribution in [1.29, 1.82) is 0 Å². The highest BCUT2D eigenvalue weighted by Crippen LogP contribution is 2.30. The van der Waals surface area contributed by atoms with Crippen LogP contribution in [0.5, 0.6) is 0 Å². The molecule has 0 aliphatic rings. The standard InChI is InChI=1S/C12H17NO5S2/c1-4-5-13(6-7-14)20(16,17)11-9(2)8-19-10(11)12(15)18-3/h4,8,14H,1,5-7H2,2-3H3. The second-order valence-corrected chi connectivity index (χ2v) is 6.70. The number of sulfonamides is 1. The van der Waals surface area contributed by atoms with E-state index in [9.17, 15) is 13.2 Å². The first kappa shape index (κ1) is 16.8. The van der Waals surface area contributed by atoms with Gasteiger partial charge in [0.15, 0.2) is 0 Å². The Morgan fingerprint density at radius 1 is 1.60 bits per heavy atom. The summed E-state index contributed by atoms with van der Waals surface area (Å²) in [6, 6.07) is 0. The van der Waals surface area contributed by atoms with Crippen molar-refractivity contribution in [3.05, 3.63) is 28.5 Å². The molecular weight excluding hydrogens is 302 g/mol. The first-order valence-corrected chi connectivity index (χ1v) is 8.10. The molecule has 0 radical (unpaired) electrons. The number of aliphatic hydroxyl groups excluding tert-OH is 1. The van der Waals surface area contributed by atoms with E-state index in [0.29, 0.717) is 5.56 Å². The summed E-state index contributed by atoms with van der Waals surface area (Å²) in [5.74, 6) is -0.691. The number of thiophene rings is 1. The van der Waals surface area contributed by atoms with Gasteiger partial charge in [0, 0.05) is 13.1 Å². The predicted molar refractivity (Wildman–Crippen MR) is 76.4 cm³/mol. The smallest absolute Gasteiger partial charge is 0.349 e. The highest BCUT2D eigenvalue weighted by Gasteiger charge is 2.31. The third kappa shape index (κ3) is 3.26. The number of aryl methyl sites for hydroxylation is 1. The maximum absolute atomic E-state index is 12.6. The van der Waals surface area contributed by atoms with Crippen LogP contribution in [0.25, 0.3) is 0 Å². The summed E-state index contributed by atoms with van der Waals surface area (Å²) in [4.78, 5) is 11.6. The van der Waals surface area contributed by atoms with Crippen molar-refractivity contribution in [1.82, 2.24) is 4.31 Å². The molecule has 8 heteroatoms. The molecule has 1 rings (SSSR count). The van der Waals surface area contributed by atoms with Crippen LogP contribution in [0.1, 0.15) is 15.2 Å². The van der Waals surface area contributed by atoms with Gasteiger partial charge < -0.3 is 9.84 Å². The number of nitrogens with zero attached hydrogens (tertiary/aromatic N) is 1. The Kier molecular flexibility index (Phi) is 5.88. The molecule has 0 atom stereocenters. The Bertz CT molecular complexity index is 591. The van der Waals surface area contributed by atoms with E-state index < -0.39 is 16.0 Å². The Morgan fingerprint density at radius 3 is 2.75 bits per heavy atom. The zero-order chi connectivity index (χ0) is 15.3. The van der Waals surface area contributed by atoms with Crippen LogP contribution in [-0.4, -0.2) is 50.6 Å². The van der Waals surface area contributed by atoms with Gasteiger partial charge in [-0.15, -0.1) is 17.9 Å². The van der Waals surface area contributed by atoms with Crippen molar-refractivity contribution in [2.75, 3.05) is 26.8 Å². The summed E-state index contributed by atoms with van der Waals surface area (Å²) in [6.07, 6.45) is 1.42. The van der Waals surface area contributed by atoms with Crippen molar-refractivity contribution >= 4 is 27.3 Å². The Balaban J connectivity index is 3.36. The van der Waals surface area contributed by atoms with Gasteiger partial charge in [-0.05, 0) is 17.9 Å². The highest BCUT2D eigenvalue weighted by atomic mass is 32.2. The minimum atomic E-state index is -3.89. The summed E-state index contributed by atoms with van der Waals surface area (Å²) in [5, 5.41) is 10.6. The van der Waals surface area contributed by atoms with Crippen LogP contribution in [0.2, 0.25) is 0 Å². The van der Waals surface area contributed by atoms with Crippen molar-refractivity contribution in [2.24, 2.45) is 0 Å². The van der Waals surface area contributed by atoms with Gasteiger partial charge in [-0.25, -0.2) is 13.2 Å². The lowest BCUT2D eigenvalue weighted by molar-refractivity contribution is 0.0602. The average Bonchev–Trinajstić information content (AvgIpc) is 2.80. The molecule has 0 bridgehead atoms. The summed E-state index contributed by atoms with van der Waals surface area (Å²) >= 11 is 1.02. The Labute approximate surface area is 122 Å². The minimum Gasteiger partial charge on any atom is -0.465 e. The molecule has 0 aliphatic carbocycles. The van der Waals surface area contributed by atoms with E-state index in [1.165, 1.54) is 13.2 Å². The maximum atomic E-state index is 12.6. The lowest BCUT2D eigenvalue weighted by Crippen LogP contribution is -2.34. The van der Waals surface area contributed by atoms with Crippen LogP contribution < -0.4 is 0 Å². The molecule has 20 heavy (non-hydrogen) atoms. The quantitative estimate of drug-likeness (QED) is 0.599. The van der Waals surface area contributed by atoms with Crippen LogP contribution in [-0.2, 0) is 14.8 Å². The molecule has 6 nitrogen and oxygen atoms in total. The van der Waals surface area contributed by atoms with Gasteiger partial charge >= 0.3 is 5.97 Å². The molecule has 0 fully saturated rings. The first-order chi connectivity index (χ1) is 9.39. The number of carbonyl (C=O) groups excluding carboxylic acids is 1. The average molecular weight is 319 g/mol. The van der Waals surface area contributed by atoms with Gasteiger partial charge in [0.2, 0.25) is 10.0 Å². The Hall–Kier alpha value is -1.22. The van der Waals surface area contributed by atoms with Crippen LogP contribution in [0.15, 0.2) is 22.9 Å². The van der Waals surface area contributed by atoms with Gasteiger partial charge in [0.25, 0.3) is 0 Å². The van der Waals surface area contributed by atoms with Crippen LogP contribution in [0.3, 0.4) is 0 Å². The van der Waals surface area contributed by atoms with Crippen molar-refractivity contribution in [2.45, 2.75) is 11.8 Å². The predicted octanol–water partition coefficient (Wildman–Crippen LogP) is 1.01. The largest absolute Gasteiger partial charge is 0.465 e. The first-order valence-electron chi connectivity index (χ1n) is 5.78. The molecule has 0 saturated heterocycles. The summed E-state index contributed by atoms with van der Waals surface area (Å²) in [6.45, 7) is 4.78. The lowest BCUT2D eigenvalue weighted by Gasteiger charge is -2.20. The van der Waals surface area contributed by atoms with Crippen molar-refractivity contribution in [3.63, 3.8) is 0 Å². The zero-order valence-electron chi connectivity index (χ0n) is 11.3. The van der Waals surface area contributed by atoms with Gasteiger partial charge in [0.1, 0.15) is 9.77 Å². The number of rotatable bonds is 7. The molecule has 1 aromatic heterocycles. The van der Waals surface area contributed by atoms with E-state index in [1.807, 2.05) is 0 Å². The number of aliphatic hydroxyl groups is 1. The van der Waals surface area contributed by atoms with E-state index in [-0.39, 0.29) is 29.5 Å². The van der Waals surface area contributed by atoms with Gasteiger partial charge in [-0.2, -0.15) is 4.31 Å². The van der Waals surface area contributed by atoms with Gasteiger partial charge in [-0.3, -0.25) is 0 Å². The number of carbonyl (C=O) groups is 1. The summed E-state index contributed by atoms with van der Waals surface area (Å²) in [5.41, 5.74) is 0.474. The lowest BCUT2D eigenvalue weighted by atomic mass is 10.3. The second kappa shape index (κ2) is 6.98. The molecule has 1 N–H and O–H groups in total. The van der Waals surface area contributed by atoms with Crippen molar-refractivity contribution < 1.29 is 23.1 Å². The SMILES string of the molecule is C=CCN(CCO)S(=O)(=O)c1c(C)csc1C(=O)OC. The molecule has 1 heterocycles. The van der Waals surface area contributed by atoms with E-state index in [1.54, 1.807) is 12.3 Å². The molecular formula is C12H17NO5S2. The highest BCUT2D eigenvalue weighted by molar-refractivity contribution is 7.89. The van der Waals surface area contributed by atoms with E-state index in [4.69, 9.17) is 5.11 Å². The summed E-state index contributed by atoms with van der Waals surface area (Å²) < 4.78 is 30.9. The van der Waals surface area contributed by atoms with E-state index in [0.717, 1.165) is 15.6 Å². The molecule has 0 saturated carbocycles. The zero-order valence-corrected chi connectivity index (χ0v) is 13.0. The van der Waals surface area contributed by atoms with Crippen molar-refractivity contribution in [3.8, 4) is 0 Å². The number of esters is 1. The molecule has 1 aromatic rings. The topological polar surface area (TPSA) is 83.9 Å². The van der Waals surface area contributed by atoms with Crippen LogP contribution in [0.4, 0.5) is 0 Å². The number of hydrogen-bond donors (Lipinski definition) is 1. The Morgan fingerprint density at radius 2 is 2.25 bits per heavy atom. The number of hydrogen-bond acceptors (Lipinski definition) is 6. The fourth-order valence-corrected chi connectivity index (χ4v) is 4.74. The summed E-state index contributed by atoms with van der Waals surface area (Å²) in [7, 11) is -2.69. The molecule has 0 spiro atoms. The van der Waals surface area contributed by atoms with Gasteiger partial charge in [0.05, 0.1) is 13.7 Å². The second-order valence-electron chi connectivity index (χ2n) is 3.94. The third-order valence-electron chi connectivity index (χ3n) is 2.57. The minimum absolute atomic E-state index is 0.0389. The fraction of sp³-hybridized carbons (Fsp3) is 0.417. The maximum Gasteiger partial charge on any atom is 0.349 e. The van der Waals surface area contributed by atoms with Crippen LogP contribution in [0, 0.1) is 6.92 Å². The fourth-order valence-electron chi connectivity index (χ4n) is 1.68. The van der Waals surface area contributed by atoms with E-state index in [2.05, 4.69) is 11.3 Å².